The molecule has 80 valence electrons. The highest BCUT2D eigenvalue weighted by atomic mass is 16.1. The number of H-pyrrole nitrogens is 1. The first-order chi connectivity index (χ1) is 7.74. The Morgan fingerprint density at radius 2 is 2.19 bits per heavy atom. The van der Waals surface area contributed by atoms with Gasteiger partial charge in [-0.1, -0.05) is 18.2 Å². The SMILES string of the molecule is Cc1[nH]c2ccccc2c1C(=O)CCC#N. The molecule has 2 aromatic rings. The fraction of sp³-hybridized carbons (Fsp3) is 0.231. The number of para-hydroxylation sites is 1. The van der Waals surface area contributed by atoms with Crippen molar-refractivity contribution in [2.45, 2.75) is 19.8 Å². The Morgan fingerprint density at radius 1 is 1.44 bits per heavy atom. The molecule has 0 saturated carbocycles. The Morgan fingerprint density at radius 3 is 2.94 bits per heavy atom. The molecule has 3 nitrogen and oxygen atoms in total. The molecule has 0 fully saturated rings. The lowest BCUT2D eigenvalue weighted by molar-refractivity contribution is 0.0985. The minimum Gasteiger partial charge on any atom is -0.358 e. The van der Waals surface area contributed by atoms with E-state index in [4.69, 9.17) is 5.26 Å². The molecule has 0 saturated heterocycles. The quantitative estimate of drug-likeness (QED) is 0.795. The molecule has 2 rings (SSSR count). The zero-order chi connectivity index (χ0) is 11.5. The zero-order valence-electron chi connectivity index (χ0n) is 9.08. The van der Waals surface area contributed by atoms with Gasteiger partial charge in [-0.25, -0.2) is 0 Å². The molecule has 0 spiro atoms. The van der Waals surface area contributed by atoms with Crippen molar-refractivity contribution in [1.29, 1.82) is 5.26 Å². The van der Waals surface area contributed by atoms with Gasteiger partial charge < -0.3 is 4.98 Å². The number of ketones is 1. The molecule has 0 unspecified atom stereocenters. The molecule has 0 amide bonds. The molecule has 16 heavy (non-hydrogen) atoms. The molecule has 0 bridgehead atoms. The van der Waals surface area contributed by atoms with Crippen LogP contribution < -0.4 is 0 Å². The van der Waals surface area contributed by atoms with Crippen LogP contribution in [-0.4, -0.2) is 10.8 Å². The second-order valence-corrected chi connectivity index (χ2v) is 3.75. The largest absolute Gasteiger partial charge is 0.358 e. The van der Waals surface area contributed by atoms with E-state index in [1.807, 2.05) is 37.3 Å². The number of aryl methyl sites for hydroxylation is 1. The third-order valence-electron chi connectivity index (χ3n) is 2.64. The number of nitrogens with zero attached hydrogens (tertiary/aromatic N) is 1. The minimum atomic E-state index is 0.0384. The monoisotopic (exact) mass is 212 g/mol. The standard InChI is InChI=1S/C13H12N2O/c1-9-13(12(16)7-4-8-14)10-5-2-3-6-11(10)15-9/h2-3,5-6,15H,4,7H2,1H3. The Bertz CT molecular complexity index is 575. The van der Waals surface area contributed by atoms with Crippen molar-refractivity contribution in [3.63, 3.8) is 0 Å². The van der Waals surface area contributed by atoms with Gasteiger partial charge in [0.2, 0.25) is 0 Å². The molecule has 0 radical (unpaired) electrons. The topological polar surface area (TPSA) is 56.6 Å². The average molecular weight is 212 g/mol. The maximum atomic E-state index is 11.9. The van der Waals surface area contributed by atoms with Crippen LogP contribution >= 0.6 is 0 Å². The molecular weight excluding hydrogens is 200 g/mol. The van der Waals surface area contributed by atoms with Crippen LogP contribution in [0.4, 0.5) is 0 Å². The van der Waals surface area contributed by atoms with Crippen molar-refractivity contribution in [3.8, 4) is 6.07 Å². The first-order valence-electron chi connectivity index (χ1n) is 5.21. The fourth-order valence-electron chi connectivity index (χ4n) is 1.93. The van der Waals surface area contributed by atoms with Gasteiger partial charge >= 0.3 is 0 Å². The van der Waals surface area contributed by atoms with Gasteiger partial charge in [-0.05, 0) is 13.0 Å². The van der Waals surface area contributed by atoms with Crippen molar-refractivity contribution in [3.05, 3.63) is 35.5 Å². The van der Waals surface area contributed by atoms with Crippen molar-refractivity contribution in [2.24, 2.45) is 0 Å². The summed E-state index contributed by atoms with van der Waals surface area (Å²) in [5.74, 6) is 0.0384. The summed E-state index contributed by atoms with van der Waals surface area (Å²) in [7, 11) is 0. The van der Waals surface area contributed by atoms with Gasteiger partial charge in [0.1, 0.15) is 0 Å². The van der Waals surface area contributed by atoms with Crippen molar-refractivity contribution in [1.82, 2.24) is 4.98 Å². The predicted molar refractivity (Wildman–Crippen MR) is 62.2 cm³/mol. The van der Waals surface area contributed by atoms with Crippen LogP contribution in [0.2, 0.25) is 0 Å². The number of carbonyl (C=O) groups is 1. The molecule has 0 aliphatic heterocycles. The van der Waals surface area contributed by atoms with E-state index in [-0.39, 0.29) is 12.2 Å². The minimum absolute atomic E-state index is 0.0384. The maximum absolute atomic E-state index is 11.9. The van der Waals surface area contributed by atoms with Gasteiger partial charge in [0, 0.05) is 35.0 Å². The lowest BCUT2D eigenvalue weighted by Crippen LogP contribution is -1.99. The number of fused-ring (bicyclic) bond motifs is 1. The van der Waals surface area contributed by atoms with E-state index < -0.39 is 0 Å². The Kier molecular flexibility index (Phi) is 2.74. The average Bonchev–Trinajstić information content (AvgIpc) is 2.62. The van der Waals surface area contributed by atoms with Crippen LogP contribution in [0.3, 0.4) is 0 Å². The molecule has 0 aliphatic rings. The van der Waals surface area contributed by atoms with Gasteiger partial charge in [-0.15, -0.1) is 0 Å². The van der Waals surface area contributed by atoms with E-state index in [1.54, 1.807) is 0 Å². The first-order valence-corrected chi connectivity index (χ1v) is 5.21. The van der Waals surface area contributed by atoms with E-state index in [2.05, 4.69) is 4.98 Å². The smallest absolute Gasteiger partial charge is 0.166 e. The molecular formula is C13H12N2O. The number of Topliss-reactive ketones (excluding diaryl/α,β-unsaturated/α-hetero) is 1. The number of carbonyl (C=O) groups excluding carboxylic acids is 1. The second-order valence-electron chi connectivity index (χ2n) is 3.75. The summed E-state index contributed by atoms with van der Waals surface area (Å²) in [6.07, 6.45) is 0.566. The third kappa shape index (κ3) is 1.70. The summed E-state index contributed by atoms with van der Waals surface area (Å²) in [6, 6.07) is 9.72. The molecule has 1 heterocycles. The van der Waals surface area contributed by atoms with E-state index in [0.29, 0.717) is 6.42 Å². The molecule has 1 aromatic carbocycles. The highest BCUT2D eigenvalue weighted by Crippen LogP contribution is 2.23. The summed E-state index contributed by atoms with van der Waals surface area (Å²) >= 11 is 0. The molecule has 0 aliphatic carbocycles. The maximum Gasteiger partial charge on any atom is 0.166 e. The van der Waals surface area contributed by atoms with Crippen LogP contribution in [0.25, 0.3) is 10.9 Å². The highest BCUT2D eigenvalue weighted by Gasteiger charge is 2.14. The third-order valence-corrected chi connectivity index (χ3v) is 2.64. The normalized spacial score (nSPS) is 10.2. The van der Waals surface area contributed by atoms with E-state index in [0.717, 1.165) is 22.2 Å². The number of nitriles is 1. The second kappa shape index (κ2) is 4.19. The van der Waals surface area contributed by atoms with Crippen molar-refractivity contribution < 1.29 is 4.79 Å². The lowest BCUT2D eigenvalue weighted by Gasteiger charge is -1.97. The molecule has 1 aromatic heterocycles. The van der Waals surface area contributed by atoms with Gasteiger partial charge in [0.05, 0.1) is 6.07 Å². The summed E-state index contributed by atoms with van der Waals surface area (Å²) in [5.41, 5.74) is 2.58. The number of hydrogen-bond acceptors (Lipinski definition) is 2. The van der Waals surface area contributed by atoms with Crippen molar-refractivity contribution in [2.75, 3.05) is 0 Å². The number of aromatic nitrogens is 1. The summed E-state index contributed by atoms with van der Waals surface area (Å²) in [4.78, 5) is 15.1. The van der Waals surface area contributed by atoms with E-state index >= 15 is 0 Å². The molecule has 1 N–H and O–H groups in total. The fourth-order valence-corrected chi connectivity index (χ4v) is 1.93. The molecule has 0 atom stereocenters. The van der Waals surface area contributed by atoms with Crippen LogP contribution in [0.5, 0.6) is 0 Å². The van der Waals surface area contributed by atoms with Crippen LogP contribution in [0.1, 0.15) is 28.9 Å². The highest BCUT2D eigenvalue weighted by molar-refractivity contribution is 6.09. The van der Waals surface area contributed by atoms with E-state index in [1.165, 1.54) is 0 Å². The summed E-state index contributed by atoms with van der Waals surface area (Å²) in [6.45, 7) is 1.89. The van der Waals surface area contributed by atoms with Crippen LogP contribution in [0.15, 0.2) is 24.3 Å². The van der Waals surface area contributed by atoms with Gasteiger partial charge in [0.25, 0.3) is 0 Å². The first kappa shape index (κ1) is 10.4. The van der Waals surface area contributed by atoms with Gasteiger partial charge in [0.15, 0.2) is 5.78 Å². The van der Waals surface area contributed by atoms with Crippen molar-refractivity contribution >= 4 is 16.7 Å². The van der Waals surface area contributed by atoms with Crippen LogP contribution in [-0.2, 0) is 0 Å². The number of hydrogen-bond donors (Lipinski definition) is 1. The van der Waals surface area contributed by atoms with E-state index in [9.17, 15) is 4.79 Å². The number of rotatable bonds is 3. The lowest BCUT2D eigenvalue weighted by atomic mass is 10.0. The zero-order valence-corrected chi connectivity index (χ0v) is 9.08. The Hall–Kier alpha value is -2.08. The Labute approximate surface area is 93.7 Å². The number of nitrogens with one attached hydrogen (secondary N) is 1. The summed E-state index contributed by atoms with van der Waals surface area (Å²) < 4.78 is 0. The van der Waals surface area contributed by atoms with Gasteiger partial charge in [-0.2, -0.15) is 5.26 Å². The Balaban J connectivity index is 2.47. The number of aromatic amines is 1. The molecule has 3 heteroatoms. The predicted octanol–water partition coefficient (Wildman–Crippen LogP) is 2.96. The van der Waals surface area contributed by atoms with Crippen LogP contribution in [0, 0.1) is 18.3 Å². The summed E-state index contributed by atoms with van der Waals surface area (Å²) in [5, 5.41) is 9.43. The number of benzene rings is 1. The van der Waals surface area contributed by atoms with Gasteiger partial charge in [-0.3, -0.25) is 4.79 Å².